The van der Waals surface area contributed by atoms with Crippen LogP contribution in [0.1, 0.15) is 278 Å². The lowest BCUT2D eigenvalue weighted by atomic mass is 10.0. The third-order valence-electron chi connectivity index (χ3n) is 13.7. The number of carbonyl (C=O) groups is 3. The van der Waals surface area contributed by atoms with Gasteiger partial charge in [0.05, 0.1) is 0 Å². The second-order valence-electron chi connectivity index (χ2n) is 21.6. The Morgan fingerprint density at radius 2 is 0.434 bits per heavy atom. The minimum absolute atomic E-state index is 0.103. The van der Waals surface area contributed by atoms with Gasteiger partial charge in [-0.3, -0.25) is 14.4 Å². The van der Waals surface area contributed by atoms with Gasteiger partial charge in [-0.25, -0.2) is 0 Å². The Bertz CT molecular complexity index is 1890. The maximum atomic E-state index is 13.0. The summed E-state index contributed by atoms with van der Waals surface area (Å²) < 4.78 is 16.9. The van der Waals surface area contributed by atoms with Gasteiger partial charge in [-0.05, 0) is 148 Å². The first-order chi connectivity index (χ1) is 41.0. The molecule has 0 amide bonds. The molecule has 0 aromatic heterocycles. The lowest BCUT2D eigenvalue weighted by molar-refractivity contribution is -0.167. The van der Waals surface area contributed by atoms with Crippen molar-refractivity contribution in [2.24, 2.45) is 0 Å². The minimum atomic E-state index is -0.809. The Labute approximate surface area is 511 Å². The van der Waals surface area contributed by atoms with E-state index in [2.05, 4.69) is 191 Å². The molecular weight excluding hydrogens is 1020 g/mol. The SMILES string of the molecule is CC/C=C\C/C=C\C/C=C\C/C=C\C/C=C\C/C=C\CCCCCCC(=O)OCC(COC(=O)CCCCCCCC/C=C\C/C=C\C/C=C\C/C=C\CC)OC(=O)CCCCCCCCCCCC/C=C\C/C=C\C/C=C\C/C=C\CC. The average Bonchev–Trinajstić information content (AvgIpc) is 3.49. The van der Waals surface area contributed by atoms with Crippen LogP contribution in [0.2, 0.25) is 0 Å². The highest BCUT2D eigenvalue weighted by atomic mass is 16.6. The fourth-order valence-corrected chi connectivity index (χ4v) is 8.78. The van der Waals surface area contributed by atoms with Crippen molar-refractivity contribution in [3.05, 3.63) is 170 Å². The predicted octanol–water partition coefficient (Wildman–Crippen LogP) is 23.4. The largest absolute Gasteiger partial charge is 0.462 e. The summed E-state index contributed by atoms with van der Waals surface area (Å²) in [6.45, 7) is 6.27. The summed E-state index contributed by atoms with van der Waals surface area (Å²) in [5.41, 5.74) is 0. The molecule has 0 radical (unpaired) electrons. The lowest BCUT2D eigenvalue weighted by Gasteiger charge is -2.18. The van der Waals surface area contributed by atoms with Crippen molar-refractivity contribution >= 4 is 17.9 Å². The Kier molecular flexibility index (Phi) is 64.9. The predicted molar refractivity (Wildman–Crippen MR) is 361 cm³/mol. The second-order valence-corrected chi connectivity index (χ2v) is 21.6. The molecule has 0 aromatic carbocycles. The number of hydrogen-bond acceptors (Lipinski definition) is 6. The number of esters is 3. The lowest BCUT2D eigenvalue weighted by Crippen LogP contribution is -2.30. The zero-order chi connectivity index (χ0) is 59.9. The van der Waals surface area contributed by atoms with E-state index in [0.717, 1.165) is 173 Å². The first-order valence-electron chi connectivity index (χ1n) is 33.6. The molecule has 6 nitrogen and oxygen atoms in total. The topological polar surface area (TPSA) is 78.9 Å². The number of unbranched alkanes of at least 4 members (excludes halogenated alkanes) is 20. The van der Waals surface area contributed by atoms with Crippen LogP contribution in [0.3, 0.4) is 0 Å². The van der Waals surface area contributed by atoms with Gasteiger partial charge in [-0.2, -0.15) is 0 Å². The van der Waals surface area contributed by atoms with Crippen LogP contribution < -0.4 is 0 Å². The molecule has 0 aliphatic rings. The Morgan fingerprint density at radius 1 is 0.241 bits per heavy atom. The van der Waals surface area contributed by atoms with E-state index in [1.165, 1.54) is 64.2 Å². The molecule has 0 saturated carbocycles. The average molecular weight is 1140 g/mol. The summed E-state index contributed by atoms with van der Waals surface area (Å²) in [6.07, 6.45) is 102. The maximum absolute atomic E-state index is 13.0. The van der Waals surface area contributed by atoms with Crippen LogP contribution in [0, 0.1) is 0 Å². The standard InChI is InChI=1S/C77H122O6/c1-4-7-10-13-16-19-22-25-28-31-34-36-38-40-43-46-49-52-55-58-61-64-67-70-76(79)82-73-74(72-81-75(78)69-66-63-60-57-54-51-48-45-42-33-30-27-24-21-18-15-12-9-6-3)83-77(80)71-68-65-62-59-56-53-50-47-44-41-39-37-35-32-29-26-23-20-17-14-11-8-5-2/h7-12,16-21,25-30,34-37,40,42-43,45,49,52,74H,4-6,13-15,22-24,31-33,38-39,41,44,46-48,50-51,53-73H2,1-3H3/b10-7-,11-8-,12-9-,19-16-,20-17-,21-18-,28-25-,29-26-,30-27-,36-34-,37-35-,43-40-,45-42-,52-49-. The fourth-order valence-electron chi connectivity index (χ4n) is 8.78. The summed E-state index contributed by atoms with van der Waals surface area (Å²) in [5.74, 6) is -0.946. The van der Waals surface area contributed by atoms with Crippen LogP contribution in [0.25, 0.3) is 0 Å². The molecule has 1 unspecified atom stereocenters. The van der Waals surface area contributed by atoms with Gasteiger partial charge in [-0.15, -0.1) is 0 Å². The summed E-state index contributed by atoms with van der Waals surface area (Å²) in [6, 6.07) is 0. The molecule has 83 heavy (non-hydrogen) atoms. The number of rotatable bonds is 59. The molecule has 0 aromatic rings. The van der Waals surface area contributed by atoms with Crippen LogP contribution in [-0.4, -0.2) is 37.2 Å². The van der Waals surface area contributed by atoms with E-state index in [4.69, 9.17) is 14.2 Å². The number of hydrogen-bond donors (Lipinski definition) is 0. The van der Waals surface area contributed by atoms with Crippen molar-refractivity contribution < 1.29 is 28.6 Å². The molecule has 0 N–H and O–H groups in total. The van der Waals surface area contributed by atoms with E-state index in [-0.39, 0.29) is 31.1 Å². The monoisotopic (exact) mass is 1140 g/mol. The number of allylic oxidation sites excluding steroid dienone is 28. The normalized spacial score (nSPS) is 13.2. The molecule has 0 saturated heterocycles. The molecular formula is C77H122O6. The smallest absolute Gasteiger partial charge is 0.306 e. The van der Waals surface area contributed by atoms with E-state index in [1.54, 1.807) is 0 Å². The fraction of sp³-hybridized carbons (Fsp3) is 0.597. The Morgan fingerprint density at radius 3 is 0.675 bits per heavy atom. The number of ether oxygens (including phenoxy) is 3. The van der Waals surface area contributed by atoms with Gasteiger partial charge >= 0.3 is 17.9 Å². The summed E-state index contributed by atoms with van der Waals surface area (Å²) in [5, 5.41) is 0. The molecule has 0 aliphatic carbocycles. The zero-order valence-electron chi connectivity index (χ0n) is 53.4. The van der Waals surface area contributed by atoms with Crippen molar-refractivity contribution in [3.63, 3.8) is 0 Å². The van der Waals surface area contributed by atoms with Gasteiger partial charge in [0.2, 0.25) is 0 Å². The van der Waals surface area contributed by atoms with Crippen molar-refractivity contribution in [1.29, 1.82) is 0 Å². The van der Waals surface area contributed by atoms with Gasteiger partial charge in [0.15, 0.2) is 6.10 Å². The second kappa shape index (κ2) is 69.3. The van der Waals surface area contributed by atoms with Crippen molar-refractivity contribution in [1.82, 2.24) is 0 Å². The summed E-state index contributed by atoms with van der Waals surface area (Å²) in [7, 11) is 0. The zero-order valence-corrected chi connectivity index (χ0v) is 53.4. The van der Waals surface area contributed by atoms with Crippen LogP contribution >= 0.6 is 0 Å². The Hall–Kier alpha value is -5.23. The first kappa shape index (κ1) is 77.8. The van der Waals surface area contributed by atoms with Gasteiger partial charge in [0.1, 0.15) is 13.2 Å². The molecule has 0 rings (SSSR count). The van der Waals surface area contributed by atoms with E-state index in [0.29, 0.717) is 19.3 Å². The third kappa shape index (κ3) is 67.4. The molecule has 466 valence electrons. The molecule has 0 heterocycles. The van der Waals surface area contributed by atoms with Crippen LogP contribution in [0.4, 0.5) is 0 Å². The highest BCUT2D eigenvalue weighted by Crippen LogP contribution is 2.15. The molecule has 0 aliphatic heterocycles. The highest BCUT2D eigenvalue weighted by molar-refractivity contribution is 5.71. The van der Waals surface area contributed by atoms with Crippen LogP contribution in [-0.2, 0) is 28.6 Å². The van der Waals surface area contributed by atoms with Crippen LogP contribution in [0.15, 0.2) is 170 Å². The van der Waals surface area contributed by atoms with E-state index < -0.39 is 6.10 Å². The van der Waals surface area contributed by atoms with Crippen molar-refractivity contribution in [2.45, 2.75) is 284 Å². The summed E-state index contributed by atoms with van der Waals surface area (Å²) >= 11 is 0. The minimum Gasteiger partial charge on any atom is -0.462 e. The molecule has 1 atom stereocenters. The Balaban J connectivity index is 4.50. The maximum Gasteiger partial charge on any atom is 0.306 e. The van der Waals surface area contributed by atoms with E-state index in [1.807, 2.05) is 0 Å². The van der Waals surface area contributed by atoms with Gasteiger partial charge in [-0.1, -0.05) is 281 Å². The van der Waals surface area contributed by atoms with E-state index in [9.17, 15) is 14.4 Å². The number of carbonyl (C=O) groups excluding carboxylic acids is 3. The van der Waals surface area contributed by atoms with Crippen LogP contribution in [0.5, 0.6) is 0 Å². The van der Waals surface area contributed by atoms with Crippen molar-refractivity contribution in [2.75, 3.05) is 13.2 Å². The highest BCUT2D eigenvalue weighted by Gasteiger charge is 2.19. The van der Waals surface area contributed by atoms with Gasteiger partial charge in [0.25, 0.3) is 0 Å². The third-order valence-corrected chi connectivity index (χ3v) is 13.7. The molecule has 0 spiro atoms. The first-order valence-corrected chi connectivity index (χ1v) is 33.6. The quantitative estimate of drug-likeness (QED) is 0.0261. The molecule has 0 bridgehead atoms. The summed E-state index contributed by atoms with van der Waals surface area (Å²) in [4.78, 5) is 38.5. The van der Waals surface area contributed by atoms with Gasteiger partial charge in [0, 0.05) is 19.3 Å². The molecule has 6 heteroatoms. The molecule has 0 fully saturated rings. The van der Waals surface area contributed by atoms with Crippen molar-refractivity contribution in [3.8, 4) is 0 Å². The van der Waals surface area contributed by atoms with E-state index >= 15 is 0 Å². The van der Waals surface area contributed by atoms with Gasteiger partial charge < -0.3 is 14.2 Å².